The Balaban J connectivity index is 4.43. The van der Waals surface area contributed by atoms with Crippen molar-refractivity contribution in [3.8, 4) is 0 Å². The summed E-state index contributed by atoms with van der Waals surface area (Å²) < 4.78 is 31.0. The van der Waals surface area contributed by atoms with Crippen molar-refractivity contribution in [2.24, 2.45) is 0 Å². The van der Waals surface area contributed by atoms with Crippen molar-refractivity contribution in [3.63, 3.8) is 0 Å². The Morgan fingerprint density at radius 3 is 2.19 bits per heavy atom. The minimum Gasteiger partial charge on any atom is -0.756 e. The van der Waals surface area contributed by atoms with E-state index in [0.29, 0.717) is 0 Å². The number of carbonyl (C=O) groups is 1. The van der Waals surface area contributed by atoms with E-state index in [2.05, 4.69) is 14.8 Å². The number of rotatable bonds is 11. The lowest BCUT2D eigenvalue weighted by Crippen LogP contribution is -2.69. The zero-order valence-corrected chi connectivity index (χ0v) is 13.5. The summed E-state index contributed by atoms with van der Waals surface area (Å²) in [5.74, 6) is -1.76. The minimum atomic E-state index is -4.82. The van der Waals surface area contributed by atoms with Gasteiger partial charge in [0.15, 0.2) is 0 Å². The first kappa shape index (κ1) is 20.5. The monoisotopic (exact) mass is 328 g/mol. The van der Waals surface area contributed by atoms with Crippen LogP contribution in [0.5, 0.6) is 0 Å². The van der Waals surface area contributed by atoms with Gasteiger partial charge in [0.05, 0.1) is 25.4 Å². The van der Waals surface area contributed by atoms with Crippen LogP contribution in [0.15, 0.2) is 0 Å². The number of ether oxygens (including phenoxy) is 2. The van der Waals surface area contributed by atoms with Crippen LogP contribution in [-0.4, -0.2) is 43.7 Å². The van der Waals surface area contributed by atoms with E-state index in [-0.39, 0.29) is 25.4 Å². The van der Waals surface area contributed by atoms with E-state index in [9.17, 15) is 19.4 Å². The summed E-state index contributed by atoms with van der Waals surface area (Å²) >= 11 is 0. The minimum absolute atomic E-state index is 0.0547. The van der Waals surface area contributed by atoms with E-state index in [1.54, 1.807) is 13.8 Å². The van der Waals surface area contributed by atoms with Gasteiger partial charge in [-0.3, -0.25) is 9.09 Å². The molecule has 0 heterocycles. The maximum Gasteiger partial charge on any atom is 0.272 e. The lowest BCUT2D eigenvalue weighted by atomic mass is 10.3. The number of carboxylic acid groups (broad SMARTS) is 1. The Morgan fingerprint density at radius 2 is 1.76 bits per heavy atom. The van der Waals surface area contributed by atoms with E-state index in [1.165, 1.54) is 0 Å². The summed E-state index contributed by atoms with van der Waals surface area (Å²) in [5, 5.41) is 10.4. The van der Waals surface area contributed by atoms with Gasteiger partial charge in [0.25, 0.3) is 7.82 Å². The van der Waals surface area contributed by atoms with Gasteiger partial charge in [-0.15, -0.1) is 0 Å². The number of hydrogen-bond donors (Lipinski definition) is 1. The molecule has 0 aromatic rings. The molecule has 0 aliphatic carbocycles. The molecule has 3 N–H and O–H groups in total. The van der Waals surface area contributed by atoms with Gasteiger partial charge >= 0.3 is 0 Å². The SMILES string of the molecule is CC(C)OC[C@H](COP(=O)([O-])O[C@H]([NH3+])C(=O)[O-])OC(C)C. The smallest absolute Gasteiger partial charge is 0.272 e. The number of carboxylic acids is 1. The Morgan fingerprint density at radius 1 is 1.19 bits per heavy atom. The van der Waals surface area contributed by atoms with Crippen LogP contribution in [0.2, 0.25) is 0 Å². The maximum absolute atomic E-state index is 11.4. The van der Waals surface area contributed by atoms with Crippen molar-refractivity contribution in [2.45, 2.75) is 52.2 Å². The third-order valence-corrected chi connectivity index (χ3v) is 3.00. The Bertz CT molecular complexity index is 362. The second-order valence-corrected chi connectivity index (χ2v) is 6.21. The first-order valence-electron chi connectivity index (χ1n) is 6.48. The Hall–Kier alpha value is -0.540. The topological polar surface area (TPSA) is 145 Å². The summed E-state index contributed by atoms with van der Waals surface area (Å²) in [7, 11) is -4.82. The second kappa shape index (κ2) is 9.47. The highest BCUT2D eigenvalue weighted by atomic mass is 31.2. The van der Waals surface area contributed by atoms with Gasteiger partial charge in [-0.05, 0) is 27.7 Å². The first-order valence-corrected chi connectivity index (χ1v) is 7.94. The fraction of sp³-hybridized carbons (Fsp3) is 0.909. The van der Waals surface area contributed by atoms with Gasteiger partial charge in [0.2, 0.25) is 6.23 Å². The summed E-state index contributed by atoms with van der Waals surface area (Å²) in [6.07, 6.45) is -2.72. The molecule has 0 spiro atoms. The van der Waals surface area contributed by atoms with Crippen LogP contribution >= 0.6 is 7.82 Å². The third kappa shape index (κ3) is 10.8. The van der Waals surface area contributed by atoms with Crippen LogP contribution in [-0.2, 0) is 27.9 Å². The number of carbonyl (C=O) groups excluding carboxylic acids is 1. The van der Waals surface area contributed by atoms with Crippen molar-refractivity contribution in [1.29, 1.82) is 0 Å². The van der Waals surface area contributed by atoms with Gasteiger partial charge in [-0.1, -0.05) is 0 Å². The normalized spacial score (nSPS) is 17.7. The molecule has 21 heavy (non-hydrogen) atoms. The van der Waals surface area contributed by atoms with Crippen molar-refractivity contribution >= 4 is 13.8 Å². The van der Waals surface area contributed by atoms with E-state index in [4.69, 9.17) is 9.47 Å². The molecule has 0 saturated heterocycles. The van der Waals surface area contributed by atoms with E-state index in [1.807, 2.05) is 13.8 Å². The molecule has 0 bridgehead atoms. The molecule has 0 amide bonds. The molecular weight excluding hydrogens is 305 g/mol. The van der Waals surface area contributed by atoms with Gasteiger partial charge in [-0.25, -0.2) is 0 Å². The van der Waals surface area contributed by atoms with Crippen LogP contribution in [0.3, 0.4) is 0 Å². The van der Waals surface area contributed by atoms with E-state index < -0.39 is 26.1 Å². The predicted molar refractivity (Wildman–Crippen MR) is 67.4 cm³/mol. The fourth-order valence-corrected chi connectivity index (χ4v) is 2.02. The maximum atomic E-state index is 11.4. The number of phosphoric acid groups is 1. The summed E-state index contributed by atoms with van der Waals surface area (Å²) in [6, 6.07) is 0. The quantitative estimate of drug-likeness (QED) is 0.339. The number of phosphoric ester groups is 1. The molecular formula is C11H23NO8P-. The standard InChI is InChI=1S/C11H24NO8P/c1-7(2)17-5-9(19-8(3)4)6-18-21(15,16)20-10(12)11(13)14/h7-10H,5-6,12H2,1-4H3,(H,13,14)(H,15,16)/p-1/t9-,10+/m1/s1. The molecule has 3 atom stereocenters. The Labute approximate surface area is 123 Å². The van der Waals surface area contributed by atoms with Gasteiger partial charge in [-0.2, -0.15) is 0 Å². The lowest BCUT2D eigenvalue weighted by Gasteiger charge is -2.28. The highest BCUT2D eigenvalue weighted by Crippen LogP contribution is 2.38. The molecule has 126 valence electrons. The van der Waals surface area contributed by atoms with Crippen molar-refractivity contribution < 1.29 is 43.6 Å². The molecule has 0 aromatic heterocycles. The van der Waals surface area contributed by atoms with E-state index in [0.717, 1.165) is 0 Å². The highest BCUT2D eigenvalue weighted by Gasteiger charge is 2.21. The molecule has 10 heteroatoms. The third-order valence-electron chi connectivity index (χ3n) is 2.02. The van der Waals surface area contributed by atoms with Crippen LogP contribution in [0, 0.1) is 0 Å². The molecule has 0 radical (unpaired) electrons. The second-order valence-electron chi connectivity index (χ2n) is 4.85. The average molecular weight is 328 g/mol. The van der Waals surface area contributed by atoms with Crippen LogP contribution < -0.4 is 15.7 Å². The summed E-state index contributed by atoms with van der Waals surface area (Å²) in [6.45, 7) is 6.97. The lowest BCUT2D eigenvalue weighted by molar-refractivity contribution is -0.487. The first-order chi connectivity index (χ1) is 9.53. The zero-order chi connectivity index (χ0) is 16.6. The van der Waals surface area contributed by atoms with Gasteiger partial charge in [0.1, 0.15) is 12.1 Å². The predicted octanol–water partition coefficient (Wildman–Crippen LogP) is -1.98. The molecule has 0 rings (SSSR count). The zero-order valence-electron chi connectivity index (χ0n) is 12.6. The Kier molecular flexibility index (Phi) is 9.23. The molecule has 0 aliphatic heterocycles. The number of aliphatic carboxylic acids is 1. The highest BCUT2D eigenvalue weighted by molar-refractivity contribution is 7.45. The van der Waals surface area contributed by atoms with Crippen LogP contribution in [0.25, 0.3) is 0 Å². The summed E-state index contributed by atoms with van der Waals surface area (Å²) in [5.41, 5.74) is 2.97. The van der Waals surface area contributed by atoms with Crippen LogP contribution in [0.4, 0.5) is 0 Å². The number of quaternary nitrogens is 1. The van der Waals surface area contributed by atoms with Crippen LogP contribution in [0.1, 0.15) is 27.7 Å². The molecule has 1 unspecified atom stereocenters. The molecule has 0 aromatic carbocycles. The molecule has 0 fully saturated rings. The van der Waals surface area contributed by atoms with Gasteiger partial charge in [0, 0.05) is 0 Å². The number of hydrogen-bond acceptors (Lipinski definition) is 8. The van der Waals surface area contributed by atoms with Gasteiger partial charge < -0.3 is 34.5 Å². The summed E-state index contributed by atoms with van der Waals surface area (Å²) in [4.78, 5) is 21.8. The molecule has 0 saturated carbocycles. The van der Waals surface area contributed by atoms with Crippen molar-refractivity contribution in [3.05, 3.63) is 0 Å². The van der Waals surface area contributed by atoms with E-state index >= 15 is 0 Å². The van der Waals surface area contributed by atoms with Crippen molar-refractivity contribution in [1.82, 2.24) is 0 Å². The molecule has 9 nitrogen and oxygen atoms in total. The largest absolute Gasteiger partial charge is 0.756 e. The molecule has 0 aliphatic rings. The fourth-order valence-electron chi connectivity index (χ4n) is 1.22. The van der Waals surface area contributed by atoms with Crippen molar-refractivity contribution in [2.75, 3.05) is 13.2 Å². The average Bonchev–Trinajstić information content (AvgIpc) is 2.31.